The lowest BCUT2D eigenvalue weighted by molar-refractivity contribution is -0.154. The molecule has 2 aliphatic rings. The molecular weight excluding hydrogens is 272 g/mol. The summed E-state index contributed by atoms with van der Waals surface area (Å²) in [5.74, 6) is 2.47. The zero-order valence-corrected chi connectivity index (χ0v) is 13.8. The summed E-state index contributed by atoms with van der Waals surface area (Å²) >= 11 is 1.82. The average molecular weight is 298 g/mol. The highest BCUT2D eigenvalue weighted by molar-refractivity contribution is 7.99. The van der Waals surface area contributed by atoms with Gasteiger partial charge in [0.15, 0.2) is 0 Å². The molecule has 1 aliphatic heterocycles. The molecule has 20 heavy (non-hydrogen) atoms. The smallest absolute Gasteiger partial charge is 0.246 e. The molecule has 0 aromatic rings. The van der Waals surface area contributed by atoms with Crippen molar-refractivity contribution in [2.75, 3.05) is 18.1 Å². The van der Waals surface area contributed by atoms with Crippen LogP contribution in [0, 0.1) is 11.3 Å². The van der Waals surface area contributed by atoms with Gasteiger partial charge in [0.25, 0.3) is 0 Å². The molecule has 0 aromatic heterocycles. The predicted octanol–water partition coefficient (Wildman–Crippen LogP) is 1.89. The van der Waals surface area contributed by atoms with Crippen LogP contribution in [0.15, 0.2) is 0 Å². The zero-order chi connectivity index (χ0) is 14.9. The van der Waals surface area contributed by atoms with Gasteiger partial charge >= 0.3 is 0 Å². The minimum atomic E-state index is -0.345. The predicted molar refractivity (Wildman–Crippen MR) is 82.6 cm³/mol. The summed E-state index contributed by atoms with van der Waals surface area (Å²) in [6, 6.07) is -0.616. The third-order valence-corrected chi connectivity index (χ3v) is 4.88. The number of nitrogens with zero attached hydrogens (tertiary/aromatic N) is 1. The number of thioether (sulfide) groups is 1. The van der Waals surface area contributed by atoms with Gasteiger partial charge in [0, 0.05) is 12.3 Å². The fraction of sp³-hybridized carbons (Fsp3) is 0.867. The highest BCUT2D eigenvalue weighted by Gasteiger charge is 2.49. The topological polar surface area (TPSA) is 49.4 Å². The monoisotopic (exact) mass is 298 g/mol. The molecule has 0 aromatic carbocycles. The van der Waals surface area contributed by atoms with E-state index in [9.17, 15) is 9.59 Å². The Bertz CT molecular complexity index is 388. The molecule has 5 heteroatoms. The molecule has 1 N–H and O–H groups in total. The zero-order valence-electron chi connectivity index (χ0n) is 12.9. The molecule has 114 valence electrons. The van der Waals surface area contributed by atoms with E-state index < -0.39 is 0 Å². The first-order valence-electron chi connectivity index (χ1n) is 7.55. The maximum Gasteiger partial charge on any atom is 0.246 e. The lowest BCUT2D eigenvalue weighted by Gasteiger charge is -2.44. The number of carbonyl (C=O) groups excluding carboxylic acids is 2. The van der Waals surface area contributed by atoms with Gasteiger partial charge in [0.2, 0.25) is 11.8 Å². The van der Waals surface area contributed by atoms with Gasteiger partial charge < -0.3 is 10.2 Å². The Morgan fingerprint density at radius 3 is 2.45 bits per heavy atom. The summed E-state index contributed by atoms with van der Waals surface area (Å²) in [4.78, 5) is 27.0. The van der Waals surface area contributed by atoms with Gasteiger partial charge in [0.1, 0.15) is 12.1 Å². The van der Waals surface area contributed by atoms with E-state index in [1.54, 1.807) is 0 Å². The number of carbonyl (C=O) groups is 2. The van der Waals surface area contributed by atoms with E-state index in [1.807, 2.05) is 37.4 Å². The Labute approximate surface area is 126 Å². The largest absolute Gasteiger partial charge is 0.342 e. The van der Waals surface area contributed by atoms with E-state index in [4.69, 9.17) is 0 Å². The molecule has 1 saturated heterocycles. The van der Waals surface area contributed by atoms with Crippen LogP contribution in [0.2, 0.25) is 0 Å². The average Bonchev–Trinajstić information content (AvgIpc) is 3.15. The maximum atomic E-state index is 12.7. The minimum absolute atomic E-state index is 0.0236. The van der Waals surface area contributed by atoms with E-state index in [2.05, 4.69) is 12.2 Å². The standard InChI is InChI=1S/C15H26N2O2S/c1-5-20-9-8-17-12(15(2,3)4)13(18)16-11(14(17)19)10-6-7-10/h10-12H,5-9H2,1-4H3,(H,16,18). The highest BCUT2D eigenvalue weighted by Crippen LogP contribution is 2.37. The second-order valence-corrected chi connectivity index (χ2v) is 8.21. The van der Waals surface area contributed by atoms with Gasteiger partial charge in [-0.05, 0) is 29.9 Å². The Hall–Kier alpha value is -0.710. The van der Waals surface area contributed by atoms with Crippen LogP contribution in [0.3, 0.4) is 0 Å². The van der Waals surface area contributed by atoms with Crippen molar-refractivity contribution in [3.63, 3.8) is 0 Å². The van der Waals surface area contributed by atoms with Crippen LogP contribution in [0.1, 0.15) is 40.5 Å². The van der Waals surface area contributed by atoms with Crippen LogP contribution in [-0.2, 0) is 9.59 Å². The maximum absolute atomic E-state index is 12.7. The van der Waals surface area contributed by atoms with Crippen molar-refractivity contribution in [1.29, 1.82) is 0 Å². The second-order valence-electron chi connectivity index (χ2n) is 6.82. The first kappa shape index (κ1) is 15.7. The summed E-state index contributed by atoms with van der Waals surface area (Å²) < 4.78 is 0. The molecule has 1 saturated carbocycles. The summed E-state index contributed by atoms with van der Waals surface area (Å²) in [5.41, 5.74) is -0.231. The van der Waals surface area contributed by atoms with Crippen molar-refractivity contribution in [3.05, 3.63) is 0 Å². The minimum Gasteiger partial charge on any atom is -0.342 e. The van der Waals surface area contributed by atoms with Crippen LogP contribution < -0.4 is 5.32 Å². The lowest BCUT2D eigenvalue weighted by atomic mass is 9.82. The number of rotatable bonds is 5. The van der Waals surface area contributed by atoms with Crippen molar-refractivity contribution in [1.82, 2.24) is 10.2 Å². The second kappa shape index (κ2) is 5.96. The van der Waals surface area contributed by atoms with Gasteiger partial charge in [0.05, 0.1) is 0 Å². The molecule has 0 bridgehead atoms. The van der Waals surface area contributed by atoms with Crippen LogP contribution in [-0.4, -0.2) is 46.8 Å². The lowest BCUT2D eigenvalue weighted by Crippen LogP contribution is -2.67. The van der Waals surface area contributed by atoms with Crippen LogP contribution in [0.5, 0.6) is 0 Å². The van der Waals surface area contributed by atoms with Crippen molar-refractivity contribution in [2.45, 2.75) is 52.6 Å². The number of piperazine rings is 1. The van der Waals surface area contributed by atoms with Gasteiger partial charge in [-0.1, -0.05) is 27.7 Å². The van der Waals surface area contributed by atoms with Gasteiger partial charge in [-0.3, -0.25) is 9.59 Å². The molecule has 0 spiro atoms. The van der Waals surface area contributed by atoms with Crippen LogP contribution in [0.25, 0.3) is 0 Å². The van der Waals surface area contributed by atoms with Crippen LogP contribution >= 0.6 is 11.8 Å². The highest BCUT2D eigenvalue weighted by atomic mass is 32.2. The fourth-order valence-corrected chi connectivity index (χ4v) is 3.51. The molecular formula is C15H26N2O2S. The quantitative estimate of drug-likeness (QED) is 0.789. The summed E-state index contributed by atoms with van der Waals surface area (Å²) in [5, 5.41) is 2.97. The van der Waals surface area contributed by atoms with E-state index in [1.165, 1.54) is 0 Å². The summed E-state index contributed by atoms with van der Waals surface area (Å²) in [7, 11) is 0. The Morgan fingerprint density at radius 2 is 1.95 bits per heavy atom. The third-order valence-electron chi connectivity index (χ3n) is 4.00. The molecule has 2 fully saturated rings. The molecule has 2 atom stereocenters. The molecule has 2 unspecified atom stereocenters. The SMILES string of the molecule is CCSCCN1C(=O)C(C2CC2)NC(=O)C1C(C)(C)C. The normalized spacial score (nSPS) is 27.7. The van der Waals surface area contributed by atoms with Crippen molar-refractivity contribution in [3.8, 4) is 0 Å². The Kier molecular flexibility index (Phi) is 4.67. The van der Waals surface area contributed by atoms with E-state index in [-0.39, 0.29) is 29.3 Å². The molecule has 4 nitrogen and oxygen atoms in total. The first-order chi connectivity index (χ1) is 9.36. The van der Waals surface area contributed by atoms with E-state index in [0.717, 1.165) is 24.3 Å². The van der Waals surface area contributed by atoms with Gasteiger partial charge in [-0.25, -0.2) is 0 Å². The molecule has 1 aliphatic carbocycles. The van der Waals surface area contributed by atoms with Crippen molar-refractivity contribution >= 4 is 23.6 Å². The van der Waals surface area contributed by atoms with Crippen LogP contribution in [0.4, 0.5) is 0 Å². The van der Waals surface area contributed by atoms with Crippen molar-refractivity contribution < 1.29 is 9.59 Å². The molecule has 2 amide bonds. The Morgan fingerprint density at radius 1 is 1.30 bits per heavy atom. The van der Waals surface area contributed by atoms with E-state index >= 15 is 0 Å². The van der Waals surface area contributed by atoms with Gasteiger partial charge in [-0.15, -0.1) is 0 Å². The number of amides is 2. The first-order valence-corrected chi connectivity index (χ1v) is 8.70. The third kappa shape index (κ3) is 3.30. The Balaban J connectivity index is 2.16. The molecule has 2 rings (SSSR count). The van der Waals surface area contributed by atoms with Gasteiger partial charge in [-0.2, -0.15) is 11.8 Å². The summed E-state index contributed by atoms with van der Waals surface area (Å²) in [6.45, 7) is 8.88. The molecule has 0 radical (unpaired) electrons. The number of hydrogen-bond donors (Lipinski definition) is 1. The fourth-order valence-electron chi connectivity index (χ4n) is 2.90. The summed E-state index contributed by atoms with van der Waals surface area (Å²) in [6.07, 6.45) is 2.13. The van der Waals surface area contributed by atoms with Crippen molar-refractivity contribution in [2.24, 2.45) is 11.3 Å². The number of hydrogen-bond acceptors (Lipinski definition) is 3. The van der Waals surface area contributed by atoms with E-state index in [0.29, 0.717) is 12.5 Å². The number of nitrogens with one attached hydrogen (secondary N) is 1. The molecule has 1 heterocycles.